The van der Waals surface area contributed by atoms with Crippen molar-refractivity contribution in [3.05, 3.63) is 46.7 Å². The topological polar surface area (TPSA) is 151 Å². The van der Waals surface area contributed by atoms with Crippen molar-refractivity contribution in [2.24, 2.45) is 0 Å². The fraction of sp³-hybridized carbons (Fsp3) is 0.407. The van der Waals surface area contributed by atoms with Crippen LogP contribution in [-0.4, -0.2) is 77.6 Å². The lowest BCUT2D eigenvalue weighted by molar-refractivity contribution is -0.0705. The molecule has 3 aromatic heterocycles. The fourth-order valence-corrected chi connectivity index (χ4v) is 6.87. The standard InChI is InChI=1S/C27H33N7O5S2/c1-5-6-41(36,37)33-23-9-19(10-28-27(23)38-4)18-7-21(20-11-29-32-22(20)8-18)31-26(35)24-15-40-25(30-24)14-34-12-16(2)39-17(3)13-34/h7-11,15-17,33H,5-6,12-14H2,1-4H3,(H,29,32)(H,31,35)/t16-,17+. The molecule has 1 amide bonds. The summed E-state index contributed by atoms with van der Waals surface area (Å²) in [6.45, 7) is 8.20. The number of amides is 1. The number of rotatable bonds is 10. The van der Waals surface area contributed by atoms with Crippen LogP contribution in [-0.2, 0) is 21.3 Å². The van der Waals surface area contributed by atoms with Crippen molar-refractivity contribution >= 4 is 49.5 Å². The third kappa shape index (κ3) is 6.84. The minimum absolute atomic E-state index is 0.0281. The Bertz CT molecular complexity index is 1640. The Kier molecular flexibility index (Phi) is 8.54. The van der Waals surface area contributed by atoms with Crippen LogP contribution in [0.1, 0.15) is 42.7 Å². The van der Waals surface area contributed by atoms with Crippen LogP contribution in [0.2, 0.25) is 0 Å². The molecular weight excluding hydrogens is 566 g/mol. The second kappa shape index (κ2) is 12.1. The smallest absolute Gasteiger partial charge is 0.275 e. The fourth-order valence-electron chi connectivity index (χ4n) is 4.93. The molecule has 218 valence electrons. The molecule has 1 aliphatic heterocycles. The van der Waals surface area contributed by atoms with E-state index in [0.29, 0.717) is 41.0 Å². The maximum atomic E-state index is 13.3. The van der Waals surface area contributed by atoms with Crippen LogP contribution in [0, 0.1) is 0 Å². The molecule has 2 atom stereocenters. The molecule has 5 rings (SSSR count). The first-order chi connectivity index (χ1) is 19.6. The van der Waals surface area contributed by atoms with Crippen molar-refractivity contribution in [3.63, 3.8) is 0 Å². The molecule has 4 heterocycles. The van der Waals surface area contributed by atoms with Gasteiger partial charge in [0.05, 0.1) is 49.0 Å². The highest BCUT2D eigenvalue weighted by Gasteiger charge is 2.24. The van der Waals surface area contributed by atoms with Gasteiger partial charge in [0.2, 0.25) is 15.9 Å². The van der Waals surface area contributed by atoms with Gasteiger partial charge >= 0.3 is 0 Å². The predicted octanol–water partition coefficient (Wildman–Crippen LogP) is 4.10. The van der Waals surface area contributed by atoms with Gasteiger partial charge in [-0.1, -0.05) is 6.92 Å². The third-order valence-electron chi connectivity index (χ3n) is 6.56. The number of sulfonamides is 1. The van der Waals surface area contributed by atoms with E-state index >= 15 is 0 Å². The molecule has 0 spiro atoms. The van der Waals surface area contributed by atoms with Gasteiger partial charge in [0.25, 0.3) is 5.91 Å². The van der Waals surface area contributed by atoms with Crippen molar-refractivity contribution in [3.8, 4) is 17.0 Å². The Morgan fingerprint density at radius 1 is 1.17 bits per heavy atom. The largest absolute Gasteiger partial charge is 0.480 e. The maximum absolute atomic E-state index is 13.3. The number of nitrogens with zero attached hydrogens (tertiary/aromatic N) is 4. The summed E-state index contributed by atoms with van der Waals surface area (Å²) >= 11 is 1.45. The summed E-state index contributed by atoms with van der Waals surface area (Å²) in [6, 6.07) is 5.31. The quantitative estimate of drug-likeness (QED) is 0.245. The van der Waals surface area contributed by atoms with Gasteiger partial charge in [-0.15, -0.1) is 11.3 Å². The van der Waals surface area contributed by atoms with Crippen LogP contribution < -0.4 is 14.8 Å². The summed E-state index contributed by atoms with van der Waals surface area (Å²) in [6.07, 6.45) is 3.99. The molecule has 0 bridgehead atoms. The number of carbonyl (C=O) groups excluding carboxylic acids is 1. The molecule has 1 aromatic carbocycles. The van der Waals surface area contributed by atoms with E-state index in [1.807, 2.05) is 6.07 Å². The van der Waals surface area contributed by atoms with Gasteiger partial charge in [-0.25, -0.2) is 18.4 Å². The molecular formula is C27H33N7O5S2. The monoisotopic (exact) mass is 599 g/mol. The lowest BCUT2D eigenvalue weighted by Gasteiger charge is -2.34. The minimum atomic E-state index is -3.57. The van der Waals surface area contributed by atoms with Crippen LogP contribution in [0.15, 0.2) is 36.0 Å². The number of nitrogens with one attached hydrogen (secondary N) is 3. The molecule has 1 aliphatic rings. The molecule has 3 N–H and O–H groups in total. The minimum Gasteiger partial charge on any atom is -0.480 e. The van der Waals surface area contributed by atoms with Gasteiger partial charge in [-0.2, -0.15) is 5.10 Å². The molecule has 12 nitrogen and oxygen atoms in total. The van der Waals surface area contributed by atoms with E-state index in [-0.39, 0.29) is 35.4 Å². The number of H-pyrrole nitrogens is 1. The second-order valence-electron chi connectivity index (χ2n) is 10.1. The van der Waals surface area contributed by atoms with Crippen LogP contribution in [0.5, 0.6) is 5.88 Å². The number of carbonyl (C=O) groups is 1. The van der Waals surface area contributed by atoms with Crippen LogP contribution in [0.4, 0.5) is 11.4 Å². The summed E-state index contributed by atoms with van der Waals surface area (Å²) in [5.74, 6) is -0.207. The van der Waals surface area contributed by atoms with Crippen molar-refractivity contribution in [1.82, 2.24) is 25.1 Å². The van der Waals surface area contributed by atoms with E-state index in [1.165, 1.54) is 18.4 Å². The number of benzene rings is 1. The molecule has 14 heteroatoms. The normalized spacial score (nSPS) is 18.0. The molecule has 1 fully saturated rings. The number of fused-ring (bicyclic) bond motifs is 1. The molecule has 0 unspecified atom stereocenters. The number of pyridine rings is 1. The first-order valence-corrected chi connectivity index (χ1v) is 15.8. The number of morpholine rings is 1. The van der Waals surface area contributed by atoms with E-state index in [1.54, 1.807) is 36.8 Å². The summed E-state index contributed by atoms with van der Waals surface area (Å²) in [7, 11) is -2.14. The highest BCUT2D eigenvalue weighted by Crippen LogP contribution is 2.34. The zero-order chi connectivity index (χ0) is 29.1. The second-order valence-corrected chi connectivity index (χ2v) is 12.9. The predicted molar refractivity (Wildman–Crippen MR) is 159 cm³/mol. The molecule has 41 heavy (non-hydrogen) atoms. The summed E-state index contributed by atoms with van der Waals surface area (Å²) < 4.78 is 38.5. The Labute approximate surface area is 242 Å². The molecule has 1 saturated heterocycles. The van der Waals surface area contributed by atoms with E-state index in [9.17, 15) is 13.2 Å². The lowest BCUT2D eigenvalue weighted by Crippen LogP contribution is -2.44. The van der Waals surface area contributed by atoms with Crippen molar-refractivity contribution in [2.75, 3.05) is 36.0 Å². The van der Waals surface area contributed by atoms with E-state index < -0.39 is 10.0 Å². The number of aromatic nitrogens is 4. The number of anilines is 2. The Morgan fingerprint density at radius 2 is 1.93 bits per heavy atom. The number of aromatic amines is 1. The average molecular weight is 600 g/mol. The lowest BCUT2D eigenvalue weighted by atomic mass is 10.0. The van der Waals surface area contributed by atoms with Gasteiger partial charge < -0.3 is 14.8 Å². The molecule has 4 aromatic rings. The Hall–Kier alpha value is -3.59. The van der Waals surface area contributed by atoms with E-state index in [2.05, 4.69) is 49.0 Å². The first kappa shape index (κ1) is 28.9. The number of hydrogen-bond donors (Lipinski definition) is 3. The Balaban J connectivity index is 1.39. The highest BCUT2D eigenvalue weighted by molar-refractivity contribution is 7.92. The zero-order valence-electron chi connectivity index (χ0n) is 23.3. The van der Waals surface area contributed by atoms with E-state index in [4.69, 9.17) is 9.47 Å². The average Bonchev–Trinajstić information content (AvgIpc) is 3.57. The van der Waals surface area contributed by atoms with E-state index in [0.717, 1.165) is 23.5 Å². The van der Waals surface area contributed by atoms with Crippen molar-refractivity contribution in [2.45, 2.75) is 45.9 Å². The first-order valence-electron chi connectivity index (χ1n) is 13.3. The van der Waals surface area contributed by atoms with Crippen LogP contribution in [0.25, 0.3) is 22.0 Å². The molecule has 0 aliphatic carbocycles. The zero-order valence-corrected chi connectivity index (χ0v) is 24.9. The molecule has 0 saturated carbocycles. The summed E-state index contributed by atoms with van der Waals surface area (Å²) in [5, 5.41) is 13.4. The van der Waals surface area contributed by atoms with Gasteiger partial charge in [0, 0.05) is 35.6 Å². The van der Waals surface area contributed by atoms with Crippen LogP contribution >= 0.6 is 11.3 Å². The van der Waals surface area contributed by atoms with Gasteiger partial charge in [0.1, 0.15) is 16.4 Å². The third-order valence-corrected chi connectivity index (χ3v) is 8.87. The van der Waals surface area contributed by atoms with Gasteiger partial charge in [0.15, 0.2) is 0 Å². The molecule has 0 radical (unpaired) electrons. The van der Waals surface area contributed by atoms with Gasteiger partial charge in [-0.3, -0.25) is 19.5 Å². The maximum Gasteiger partial charge on any atom is 0.275 e. The number of ether oxygens (including phenoxy) is 2. The number of thiazole rings is 1. The van der Waals surface area contributed by atoms with Crippen LogP contribution in [0.3, 0.4) is 0 Å². The van der Waals surface area contributed by atoms with Gasteiger partial charge in [-0.05, 0) is 44.0 Å². The highest BCUT2D eigenvalue weighted by atomic mass is 32.2. The summed E-state index contributed by atoms with van der Waals surface area (Å²) in [4.78, 5) is 24.4. The number of methoxy groups -OCH3 is 1. The SMILES string of the molecule is CCCS(=O)(=O)Nc1cc(-c2cc(NC(=O)c3csc(CN4C[C@@H](C)O[C@@H](C)C4)n3)c3cn[nH]c3c2)cnc1OC. The number of hydrogen-bond acceptors (Lipinski definition) is 10. The Morgan fingerprint density at radius 3 is 2.66 bits per heavy atom. The van der Waals surface area contributed by atoms with Crippen molar-refractivity contribution < 1.29 is 22.7 Å². The van der Waals surface area contributed by atoms with Crippen molar-refractivity contribution in [1.29, 1.82) is 0 Å². The summed E-state index contributed by atoms with van der Waals surface area (Å²) in [5.41, 5.74) is 3.10.